The van der Waals surface area contributed by atoms with E-state index in [2.05, 4.69) is 49.9 Å². The summed E-state index contributed by atoms with van der Waals surface area (Å²) < 4.78 is 3.63. The standard InChI is InChI=1S/C18H24N8.HI/c1-13-17(14(2)25(4)24-13)10-22-18(19-3)21-9-15-5-7-16(8-6-15)26-12-20-11-23-26;/h5-8,11-12H,9-10H2,1-4H3,(H2,19,21,22);1H. The highest BCUT2D eigenvalue weighted by Gasteiger charge is 2.09. The van der Waals surface area contributed by atoms with Gasteiger partial charge in [0.05, 0.1) is 11.4 Å². The van der Waals surface area contributed by atoms with Crippen molar-refractivity contribution in [1.29, 1.82) is 0 Å². The van der Waals surface area contributed by atoms with Gasteiger partial charge in [0.15, 0.2) is 5.96 Å². The molecule has 0 radical (unpaired) electrons. The monoisotopic (exact) mass is 480 g/mol. The Kier molecular flexibility index (Phi) is 7.34. The fourth-order valence-electron chi connectivity index (χ4n) is 2.76. The molecule has 3 aromatic rings. The van der Waals surface area contributed by atoms with Gasteiger partial charge in [-0.1, -0.05) is 12.1 Å². The maximum atomic E-state index is 4.44. The minimum Gasteiger partial charge on any atom is -0.352 e. The molecule has 144 valence electrons. The van der Waals surface area contributed by atoms with E-state index in [1.54, 1.807) is 18.1 Å². The summed E-state index contributed by atoms with van der Waals surface area (Å²) in [5.41, 5.74) is 5.54. The van der Waals surface area contributed by atoms with Gasteiger partial charge in [0.25, 0.3) is 0 Å². The number of halogens is 1. The Morgan fingerprint density at radius 2 is 1.81 bits per heavy atom. The highest BCUT2D eigenvalue weighted by molar-refractivity contribution is 14.0. The Morgan fingerprint density at radius 3 is 2.37 bits per heavy atom. The van der Waals surface area contributed by atoms with Crippen LogP contribution in [0.2, 0.25) is 0 Å². The second-order valence-corrected chi connectivity index (χ2v) is 6.06. The Labute approximate surface area is 176 Å². The van der Waals surface area contributed by atoms with Crippen LogP contribution in [0.4, 0.5) is 0 Å². The minimum absolute atomic E-state index is 0. The molecular weight excluding hydrogens is 455 g/mol. The zero-order chi connectivity index (χ0) is 18.5. The second-order valence-electron chi connectivity index (χ2n) is 6.06. The maximum absolute atomic E-state index is 4.44. The number of nitrogens with zero attached hydrogens (tertiary/aromatic N) is 6. The molecular formula is C18H25IN8. The van der Waals surface area contributed by atoms with Crippen LogP contribution in [-0.4, -0.2) is 37.6 Å². The van der Waals surface area contributed by atoms with Crippen molar-refractivity contribution in [2.45, 2.75) is 26.9 Å². The van der Waals surface area contributed by atoms with Crippen molar-refractivity contribution in [3.05, 3.63) is 59.4 Å². The zero-order valence-electron chi connectivity index (χ0n) is 16.0. The highest BCUT2D eigenvalue weighted by atomic mass is 127. The van der Waals surface area contributed by atoms with Crippen LogP contribution in [0.1, 0.15) is 22.5 Å². The number of nitrogens with one attached hydrogen (secondary N) is 2. The van der Waals surface area contributed by atoms with Gasteiger partial charge in [0.2, 0.25) is 0 Å². The summed E-state index contributed by atoms with van der Waals surface area (Å²) in [5, 5.41) is 15.2. The van der Waals surface area contributed by atoms with Crippen LogP contribution in [0.5, 0.6) is 0 Å². The van der Waals surface area contributed by atoms with Crippen LogP contribution in [0.25, 0.3) is 5.69 Å². The molecule has 0 amide bonds. The van der Waals surface area contributed by atoms with Crippen molar-refractivity contribution in [2.75, 3.05) is 7.05 Å². The lowest BCUT2D eigenvalue weighted by molar-refractivity contribution is 0.728. The van der Waals surface area contributed by atoms with Crippen LogP contribution in [-0.2, 0) is 20.1 Å². The van der Waals surface area contributed by atoms with Gasteiger partial charge >= 0.3 is 0 Å². The molecule has 0 fully saturated rings. The Balaban J connectivity index is 0.00000261. The predicted molar refractivity (Wildman–Crippen MR) is 116 cm³/mol. The third kappa shape index (κ3) is 5.06. The predicted octanol–water partition coefficient (Wildman–Crippen LogP) is 2.10. The average molecular weight is 480 g/mol. The van der Waals surface area contributed by atoms with E-state index in [4.69, 9.17) is 0 Å². The van der Waals surface area contributed by atoms with Gasteiger partial charge in [-0.25, -0.2) is 9.67 Å². The van der Waals surface area contributed by atoms with Crippen LogP contribution in [0, 0.1) is 13.8 Å². The Hall–Kier alpha value is -2.43. The molecule has 27 heavy (non-hydrogen) atoms. The minimum atomic E-state index is 0. The SMILES string of the molecule is CN=C(NCc1ccc(-n2cncn2)cc1)NCc1c(C)nn(C)c1C.I. The van der Waals surface area contributed by atoms with E-state index < -0.39 is 0 Å². The molecule has 0 unspecified atom stereocenters. The van der Waals surface area contributed by atoms with Crippen molar-refractivity contribution in [2.24, 2.45) is 12.0 Å². The zero-order valence-corrected chi connectivity index (χ0v) is 18.3. The number of aryl methyl sites for hydroxylation is 2. The molecule has 0 bridgehead atoms. The lowest BCUT2D eigenvalue weighted by Crippen LogP contribution is -2.36. The van der Waals surface area contributed by atoms with E-state index in [9.17, 15) is 0 Å². The summed E-state index contributed by atoms with van der Waals surface area (Å²) in [7, 11) is 3.73. The molecule has 0 saturated heterocycles. The quantitative estimate of drug-likeness (QED) is 0.332. The maximum Gasteiger partial charge on any atom is 0.191 e. The molecule has 8 nitrogen and oxygen atoms in total. The van der Waals surface area contributed by atoms with Gasteiger partial charge < -0.3 is 10.6 Å². The van der Waals surface area contributed by atoms with Gasteiger partial charge in [-0.15, -0.1) is 24.0 Å². The number of hydrogen-bond donors (Lipinski definition) is 2. The van der Waals surface area contributed by atoms with E-state index in [0.717, 1.165) is 28.6 Å². The van der Waals surface area contributed by atoms with Gasteiger partial charge in [-0.2, -0.15) is 10.2 Å². The van der Waals surface area contributed by atoms with Crippen LogP contribution < -0.4 is 10.6 Å². The lowest BCUT2D eigenvalue weighted by atomic mass is 10.2. The van der Waals surface area contributed by atoms with E-state index in [1.165, 1.54) is 11.9 Å². The molecule has 0 saturated carbocycles. The van der Waals surface area contributed by atoms with Crippen molar-refractivity contribution in [1.82, 2.24) is 35.2 Å². The van der Waals surface area contributed by atoms with Crippen LogP contribution in [0.15, 0.2) is 41.9 Å². The van der Waals surface area contributed by atoms with Crippen molar-refractivity contribution in [3.63, 3.8) is 0 Å². The van der Waals surface area contributed by atoms with Crippen molar-refractivity contribution in [3.8, 4) is 5.69 Å². The molecule has 1 aromatic carbocycles. The van der Waals surface area contributed by atoms with Crippen molar-refractivity contribution < 1.29 is 0 Å². The first-order chi connectivity index (χ1) is 12.6. The van der Waals surface area contributed by atoms with Gasteiger partial charge in [0, 0.05) is 38.4 Å². The number of hydrogen-bond acceptors (Lipinski definition) is 4. The topological polar surface area (TPSA) is 84.9 Å². The van der Waals surface area contributed by atoms with Gasteiger partial charge in [-0.05, 0) is 31.5 Å². The molecule has 3 rings (SSSR count). The number of guanidine groups is 1. The molecule has 0 aliphatic heterocycles. The first-order valence-electron chi connectivity index (χ1n) is 8.46. The Bertz CT molecular complexity index is 881. The Morgan fingerprint density at radius 1 is 1.11 bits per heavy atom. The highest BCUT2D eigenvalue weighted by Crippen LogP contribution is 2.11. The van der Waals surface area contributed by atoms with Crippen molar-refractivity contribution >= 4 is 29.9 Å². The summed E-state index contributed by atoms with van der Waals surface area (Å²) in [4.78, 5) is 8.25. The first-order valence-corrected chi connectivity index (χ1v) is 8.46. The average Bonchev–Trinajstić information content (AvgIpc) is 3.26. The molecule has 0 aliphatic carbocycles. The van der Waals surface area contributed by atoms with Crippen LogP contribution in [0.3, 0.4) is 0 Å². The second kappa shape index (κ2) is 9.49. The summed E-state index contributed by atoms with van der Waals surface area (Å²) >= 11 is 0. The van der Waals surface area contributed by atoms with Gasteiger partial charge in [-0.3, -0.25) is 9.67 Å². The van der Waals surface area contributed by atoms with E-state index in [0.29, 0.717) is 13.1 Å². The first kappa shape index (κ1) is 20.9. The number of rotatable bonds is 5. The summed E-state index contributed by atoms with van der Waals surface area (Å²) in [6.45, 7) is 5.47. The normalized spacial score (nSPS) is 11.2. The summed E-state index contributed by atoms with van der Waals surface area (Å²) in [5.74, 6) is 0.757. The number of aliphatic imine (C=N–C) groups is 1. The molecule has 0 atom stereocenters. The molecule has 9 heteroatoms. The number of benzene rings is 1. The van der Waals surface area contributed by atoms with E-state index in [1.807, 2.05) is 30.8 Å². The van der Waals surface area contributed by atoms with Gasteiger partial charge in [0.1, 0.15) is 12.7 Å². The largest absolute Gasteiger partial charge is 0.352 e. The fraction of sp³-hybridized carbons (Fsp3) is 0.333. The molecule has 2 heterocycles. The smallest absolute Gasteiger partial charge is 0.191 e. The summed E-state index contributed by atoms with van der Waals surface area (Å²) in [6, 6.07) is 8.16. The van der Waals surface area contributed by atoms with Crippen LogP contribution >= 0.6 is 24.0 Å². The molecule has 2 aromatic heterocycles. The molecule has 2 N–H and O–H groups in total. The molecule has 0 spiro atoms. The van der Waals surface area contributed by atoms with E-state index >= 15 is 0 Å². The fourth-order valence-corrected chi connectivity index (χ4v) is 2.76. The third-order valence-corrected chi connectivity index (χ3v) is 4.39. The lowest BCUT2D eigenvalue weighted by Gasteiger charge is -2.12. The van der Waals surface area contributed by atoms with E-state index in [-0.39, 0.29) is 24.0 Å². The summed E-state index contributed by atoms with van der Waals surface area (Å²) in [6.07, 6.45) is 3.21. The third-order valence-electron chi connectivity index (χ3n) is 4.39. The number of aromatic nitrogens is 5. The molecule has 0 aliphatic rings.